The molecule has 0 radical (unpaired) electrons. The Labute approximate surface area is 114 Å². The zero-order chi connectivity index (χ0) is 14.9. The minimum absolute atomic E-state index is 0.103. The van der Waals surface area contributed by atoms with Crippen LogP contribution in [0.15, 0.2) is 12.1 Å². The Kier molecular flexibility index (Phi) is 3.66. The number of nitrogens with zero attached hydrogens (tertiary/aromatic N) is 3. The largest absolute Gasteiger partial charge is 0.296 e. The number of halogens is 2. The van der Waals surface area contributed by atoms with Gasteiger partial charge in [0.2, 0.25) is 5.13 Å². The van der Waals surface area contributed by atoms with Crippen LogP contribution in [0.2, 0.25) is 0 Å². The van der Waals surface area contributed by atoms with Crippen LogP contribution in [0.4, 0.5) is 19.6 Å². The van der Waals surface area contributed by atoms with E-state index in [1.54, 1.807) is 6.92 Å². The third-order valence-corrected chi connectivity index (χ3v) is 2.98. The lowest BCUT2D eigenvalue weighted by Gasteiger charge is -2.03. The number of aryl methyl sites for hydroxylation is 1. The summed E-state index contributed by atoms with van der Waals surface area (Å²) in [4.78, 5) is 21.6. The van der Waals surface area contributed by atoms with Crippen LogP contribution in [0, 0.1) is 28.7 Å². The van der Waals surface area contributed by atoms with Gasteiger partial charge in [0.25, 0.3) is 11.6 Å². The molecule has 0 aliphatic rings. The molecule has 0 aliphatic carbocycles. The van der Waals surface area contributed by atoms with E-state index in [9.17, 15) is 23.7 Å². The maximum atomic E-state index is 13.1. The third-order valence-electron chi connectivity index (χ3n) is 2.23. The van der Waals surface area contributed by atoms with Gasteiger partial charge >= 0.3 is 0 Å². The first-order chi connectivity index (χ1) is 9.38. The van der Waals surface area contributed by atoms with Crippen molar-refractivity contribution in [1.82, 2.24) is 10.2 Å². The van der Waals surface area contributed by atoms with E-state index in [1.807, 2.05) is 0 Å². The van der Waals surface area contributed by atoms with Gasteiger partial charge in [-0.1, -0.05) is 11.3 Å². The number of aromatic nitrogens is 2. The van der Waals surface area contributed by atoms with Crippen molar-refractivity contribution in [2.24, 2.45) is 0 Å². The number of anilines is 1. The predicted molar refractivity (Wildman–Crippen MR) is 65.6 cm³/mol. The van der Waals surface area contributed by atoms with Crippen molar-refractivity contribution in [2.75, 3.05) is 5.32 Å². The zero-order valence-corrected chi connectivity index (χ0v) is 10.7. The Morgan fingerprint density at radius 3 is 2.55 bits per heavy atom. The quantitative estimate of drug-likeness (QED) is 0.692. The Bertz CT molecular complexity index is 704. The molecule has 0 bridgehead atoms. The standard InChI is InChI=1S/C10H6F2N4O3S/c1-4-14-15-10(20-4)13-9(17)5-2-6(11)7(12)3-8(5)16(18)19/h2-3H,1H3,(H,13,15,17). The highest BCUT2D eigenvalue weighted by Crippen LogP contribution is 2.24. The van der Waals surface area contributed by atoms with Crippen LogP contribution in [0.25, 0.3) is 0 Å². The molecule has 0 aliphatic heterocycles. The van der Waals surface area contributed by atoms with Crippen LogP contribution in [0.1, 0.15) is 15.4 Å². The van der Waals surface area contributed by atoms with Gasteiger partial charge in [-0.3, -0.25) is 20.2 Å². The van der Waals surface area contributed by atoms with Crippen molar-refractivity contribution in [2.45, 2.75) is 6.92 Å². The first-order valence-electron chi connectivity index (χ1n) is 5.13. The molecule has 0 atom stereocenters. The number of hydrogen-bond donors (Lipinski definition) is 1. The zero-order valence-electron chi connectivity index (χ0n) is 9.89. The summed E-state index contributed by atoms with van der Waals surface area (Å²) in [6.07, 6.45) is 0. The summed E-state index contributed by atoms with van der Waals surface area (Å²) in [6, 6.07) is 0.826. The molecule has 0 spiro atoms. The molecule has 20 heavy (non-hydrogen) atoms. The normalized spacial score (nSPS) is 10.3. The smallest absolute Gasteiger partial charge is 0.285 e. The van der Waals surface area contributed by atoms with E-state index >= 15 is 0 Å². The molecule has 0 saturated carbocycles. The number of benzene rings is 1. The van der Waals surface area contributed by atoms with Crippen LogP contribution in [0.5, 0.6) is 0 Å². The van der Waals surface area contributed by atoms with Gasteiger partial charge in [0.05, 0.1) is 11.0 Å². The van der Waals surface area contributed by atoms with Gasteiger partial charge in [-0.25, -0.2) is 8.78 Å². The maximum absolute atomic E-state index is 13.1. The number of rotatable bonds is 3. The molecule has 1 amide bonds. The van der Waals surface area contributed by atoms with Crippen LogP contribution in [0.3, 0.4) is 0 Å². The van der Waals surface area contributed by atoms with Gasteiger partial charge in [0, 0.05) is 0 Å². The molecule has 1 heterocycles. The minimum Gasteiger partial charge on any atom is -0.296 e. The number of carbonyl (C=O) groups excluding carboxylic acids is 1. The molecule has 0 fully saturated rings. The summed E-state index contributed by atoms with van der Waals surface area (Å²) in [6.45, 7) is 1.65. The van der Waals surface area contributed by atoms with Crippen molar-refractivity contribution in [3.05, 3.63) is 44.5 Å². The van der Waals surface area contributed by atoms with Crippen molar-refractivity contribution in [3.63, 3.8) is 0 Å². The second-order valence-corrected chi connectivity index (χ2v) is 4.80. The maximum Gasteiger partial charge on any atom is 0.285 e. The molecule has 1 N–H and O–H groups in total. The Balaban J connectivity index is 2.38. The highest BCUT2D eigenvalue weighted by atomic mass is 32.1. The van der Waals surface area contributed by atoms with Gasteiger partial charge in [0.15, 0.2) is 11.6 Å². The monoisotopic (exact) mass is 300 g/mol. The van der Waals surface area contributed by atoms with E-state index in [4.69, 9.17) is 0 Å². The predicted octanol–water partition coefficient (Wildman–Crippen LogP) is 2.29. The summed E-state index contributed by atoms with van der Waals surface area (Å²) in [7, 11) is 0. The molecular formula is C10H6F2N4O3S. The lowest BCUT2D eigenvalue weighted by Crippen LogP contribution is -2.14. The van der Waals surface area contributed by atoms with Crippen LogP contribution in [-0.4, -0.2) is 21.0 Å². The molecule has 104 valence electrons. The summed E-state index contributed by atoms with van der Waals surface area (Å²) in [5.74, 6) is -3.72. The molecular weight excluding hydrogens is 294 g/mol. The van der Waals surface area contributed by atoms with Crippen molar-refractivity contribution in [1.29, 1.82) is 0 Å². The molecule has 1 aromatic carbocycles. The topological polar surface area (TPSA) is 98.0 Å². The number of nitro benzene ring substituents is 1. The van der Waals surface area contributed by atoms with Crippen molar-refractivity contribution < 1.29 is 18.5 Å². The van der Waals surface area contributed by atoms with Crippen molar-refractivity contribution in [3.8, 4) is 0 Å². The summed E-state index contributed by atoms with van der Waals surface area (Å²) < 4.78 is 26.1. The first kappa shape index (κ1) is 13.9. The number of nitro groups is 1. The fourth-order valence-corrected chi connectivity index (χ4v) is 1.97. The van der Waals surface area contributed by atoms with E-state index in [0.29, 0.717) is 17.1 Å². The molecule has 1 aromatic heterocycles. The highest BCUT2D eigenvalue weighted by molar-refractivity contribution is 7.15. The molecule has 10 heteroatoms. The minimum atomic E-state index is -1.40. The second kappa shape index (κ2) is 5.25. The molecule has 0 saturated heterocycles. The van der Waals surface area contributed by atoms with Gasteiger partial charge in [-0.15, -0.1) is 10.2 Å². The average molecular weight is 300 g/mol. The van der Waals surface area contributed by atoms with E-state index in [0.717, 1.165) is 11.3 Å². The van der Waals surface area contributed by atoms with Gasteiger partial charge in [-0.2, -0.15) is 0 Å². The van der Waals surface area contributed by atoms with E-state index in [1.165, 1.54) is 0 Å². The second-order valence-electron chi connectivity index (χ2n) is 3.62. The number of hydrogen-bond acceptors (Lipinski definition) is 6. The Hall–Kier alpha value is -2.49. The summed E-state index contributed by atoms with van der Waals surface area (Å²) in [5, 5.41) is 20.9. The molecule has 0 unspecified atom stereocenters. The lowest BCUT2D eigenvalue weighted by molar-refractivity contribution is -0.385. The first-order valence-corrected chi connectivity index (χ1v) is 5.95. The van der Waals surface area contributed by atoms with E-state index < -0.39 is 33.7 Å². The molecule has 7 nitrogen and oxygen atoms in total. The van der Waals surface area contributed by atoms with Crippen LogP contribution in [-0.2, 0) is 0 Å². The van der Waals surface area contributed by atoms with Crippen LogP contribution >= 0.6 is 11.3 Å². The highest BCUT2D eigenvalue weighted by Gasteiger charge is 2.24. The Morgan fingerprint density at radius 1 is 1.35 bits per heavy atom. The fourth-order valence-electron chi connectivity index (χ4n) is 1.38. The SMILES string of the molecule is Cc1nnc(NC(=O)c2cc(F)c(F)cc2[N+](=O)[O-])s1. The number of carbonyl (C=O) groups is 1. The molecule has 2 rings (SSSR count). The van der Waals surface area contributed by atoms with E-state index in [-0.39, 0.29) is 5.13 Å². The summed E-state index contributed by atoms with van der Waals surface area (Å²) >= 11 is 1.04. The number of nitrogens with one attached hydrogen (secondary N) is 1. The lowest BCUT2D eigenvalue weighted by atomic mass is 10.1. The summed E-state index contributed by atoms with van der Waals surface area (Å²) in [5.41, 5.74) is -1.43. The van der Waals surface area contributed by atoms with Crippen molar-refractivity contribution >= 4 is 28.1 Å². The number of amides is 1. The van der Waals surface area contributed by atoms with E-state index in [2.05, 4.69) is 15.5 Å². The molecule has 2 aromatic rings. The van der Waals surface area contributed by atoms with Gasteiger partial charge in [0.1, 0.15) is 10.6 Å². The average Bonchev–Trinajstić information content (AvgIpc) is 2.77. The van der Waals surface area contributed by atoms with Gasteiger partial charge in [-0.05, 0) is 13.0 Å². The van der Waals surface area contributed by atoms with Crippen LogP contribution < -0.4 is 5.32 Å². The third kappa shape index (κ3) is 2.74. The van der Waals surface area contributed by atoms with Gasteiger partial charge < -0.3 is 0 Å². The Morgan fingerprint density at radius 2 is 2.00 bits per heavy atom. The fraction of sp³-hybridized carbons (Fsp3) is 0.100.